The van der Waals surface area contributed by atoms with Crippen LogP contribution in [0.1, 0.15) is 47.3 Å². The van der Waals surface area contributed by atoms with Crippen molar-refractivity contribution in [1.82, 2.24) is 15.5 Å². The first-order valence-corrected chi connectivity index (χ1v) is 13.9. The quantitative estimate of drug-likeness (QED) is 0.186. The summed E-state index contributed by atoms with van der Waals surface area (Å²) in [5.41, 5.74) is 6.50. The molecule has 4 rings (SSSR count). The monoisotopic (exact) mass is 631 g/mol. The molecule has 14 heteroatoms. The van der Waals surface area contributed by atoms with Gasteiger partial charge in [-0.3, -0.25) is 9.69 Å². The van der Waals surface area contributed by atoms with E-state index in [4.69, 9.17) is 22.2 Å². The summed E-state index contributed by atoms with van der Waals surface area (Å²) in [4.78, 5) is 44.9. The van der Waals surface area contributed by atoms with E-state index >= 15 is 0 Å². The smallest absolute Gasteiger partial charge is 0.337 e. The molecule has 0 radical (unpaired) electrons. The Kier molecular flexibility index (Phi) is 10.3. The number of benzene rings is 3. The van der Waals surface area contributed by atoms with Crippen LogP contribution in [0.15, 0.2) is 59.8 Å². The molecule has 0 aliphatic carbocycles. The standard InChI is InChI=1S/C30H29ClF3N5O5/c1-2-3-26(16-4-6-23(29(41)42)25(35)10-16)37-30(43)39-15-27(38-44-22-12-20(32)11-21(33)13-22)36-14-18(28(39)40)8-17-9-19(31)5-7-24(17)34/h4-7,9-13,18,26H,2-3,8,14-15,35H2,1H3,(H,36,38)(H,37,43)(H,41,42)/t18-,26?/m1/s1. The number of nitrogens with one attached hydrogen (secondary N) is 2. The van der Waals surface area contributed by atoms with Gasteiger partial charge in [-0.05, 0) is 54.3 Å². The molecule has 44 heavy (non-hydrogen) atoms. The fourth-order valence-electron chi connectivity index (χ4n) is 4.71. The van der Waals surface area contributed by atoms with E-state index in [9.17, 15) is 32.7 Å². The number of nitrogens with zero attached hydrogens (tertiary/aromatic N) is 2. The van der Waals surface area contributed by atoms with E-state index in [1.807, 2.05) is 6.92 Å². The second-order valence-electron chi connectivity index (χ2n) is 10.1. The predicted octanol–water partition coefficient (Wildman–Crippen LogP) is 5.27. The zero-order valence-corrected chi connectivity index (χ0v) is 24.2. The summed E-state index contributed by atoms with van der Waals surface area (Å²) in [5.74, 6) is -5.47. The van der Waals surface area contributed by atoms with Crippen LogP contribution in [0.3, 0.4) is 0 Å². The Bertz CT molecular complexity index is 1580. The molecule has 0 saturated carbocycles. The minimum atomic E-state index is -1.20. The lowest BCUT2D eigenvalue weighted by Crippen LogP contribution is -2.48. The summed E-state index contributed by atoms with van der Waals surface area (Å²) in [6, 6.07) is 9.21. The third-order valence-corrected chi connectivity index (χ3v) is 7.11. The van der Waals surface area contributed by atoms with Crippen molar-refractivity contribution in [3.63, 3.8) is 0 Å². The van der Waals surface area contributed by atoms with Gasteiger partial charge in [0.15, 0.2) is 11.6 Å². The van der Waals surface area contributed by atoms with Gasteiger partial charge in [0.05, 0.1) is 24.1 Å². The molecule has 10 nitrogen and oxygen atoms in total. The van der Waals surface area contributed by atoms with E-state index in [0.29, 0.717) is 24.5 Å². The van der Waals surface area contributed by atoms with Gasteiger partial charge in [0, 0.05) is 35.5 Å². The second kappa shape index (κ2) is 14.1. The normalized spacial score (nSPS) is 16.7. The Hall–Kier alpha value is -4.78. The Balaban J connectivity index is 1.63. The van der Waals surface area contributed by atoms with Crippen LogP contribution in [0.5, 0.6) is 5.75 Å². The van der Waals surface area contributed by atoms with E-state index in [0.717, 1.165) is 17.0 Å². The van der Waals surface area contributed by atoms with Gasteiger partial charge in [-0.15, -0.1) is 0 Å². The van der Waals surface area contributed by atoms with Gasteiger partial charge in [0.2, 0.25) is 5.91 Å². The number of carbonyl (C=O) groups excluding carboxylic acids is 2. The Morgan fingerprint density at radius 1 is 1.16 bits per heavy atom. The average Bonchev–Trinajstić information content (AvgIpc) is 3.11. The Morgan fingerprint density at radius 2 is 1.89 bits per heavy atom. The zero-order valence-electron chi connectivity index (χ0n) is 23.5. The summed E-state index contributed by atoms with van der Waals surface area (Å²) < 4.78 is 41.9. The highest BCUT2D eigenvalue weighted by Crippen LogP contribution is 2.25. The summed E-state index contributed by atoms with van der Waals surface area (Å²) in [5, 5.41) is 19.2. The number of carbonyl (C=O) groups is 3. The van der Waals surface area contributed by atoms with Gasteiger partial charge in [0.1, 0.15) is 17.5 Å². The maximum atomic E-state index is 14.6. The third-order valence-electron chi connectivity index (χ3n) is 6.88. The highest BCUT2D eigenvalue weighted by molar-refractivity contribution is 6.30. The number of nitrogen functional groups attached to an aromatic ring is 1. The van der Waals surface area contributed by atoms with Gasteiger partial charge in [-0.2, -0.15) is 0 Å². The number of halogens is 4. The SMILES string of the molecule is CCCC(NC(=O)N1C/C(=N/Oc2cc(F)cc(F)c2)NC[C@@H](Cc2cc(Cl)ccc2F)C1=O)c1ccc(C(=O)O)c(N)c1. The van der Waals surface area contributed by atoms with Crippen molar-refractivity contribution < 1.29 is 37.5 Å². The maximum absolute atomic E-state index is 14.6. The number of nitrogens with two attached hydrogens (primary N) is 1. The van der Waals surface area contributed by atoms with Crippen molar-refractivity contribution in [2.45, 2.75) is 32.2 Å². The van der Waals surface area contributed by atoms with Crippen LogP contribution in [-0.2, 0) is 11.2 Å². The molecule has 0 bridgehead atoms. The van der Waals surface area contributed by atoms with Crippen molar-refractivity contribution >= 4 is 41.0 Å². The first kappa shape index (κ1) is 32.1. The van der Waals surface area contributed by atoms with Crippen molar-refractivity contribution in [2.75, 3.05) is 18.8 Å². The first-order valence-electron chi connectivity index (χ1n) is 13.6. The molecule has 3 aromatic rings. The number of hydrogen-bond acceptors (Lipinski definition) is 6. The van der Waals surface area contributed by atoms with E-state index in [1.54, 1.807) is 0 Å². The number of oxime groups is 1. The molecule has 1 heterocycles. The Morgan fingerprint density at radius 3 is 2.55 bits per heavy atom. The van der Waals surface area contributed by atoms with Crippen LogP contribution in [0.2, 0.25) is 5.02 Å². The third kappa shape index (κ3) is 7.98. The van der Waals surface area contributed by atoms with E-state index in [-0.39, 0.29) is 46.4 Å². The number of amides is 3. The molecule has 1 aliphatic heterocycles. The van der Waals surface area contributed by atoms with E-state index in [1.165, 1.54) is 36.4 Å². The molecule has 1 saturated heterocycles. The molecule has 1 aliphatic rings. The molecular weight excluding hydrogens is 603 g/mol. The largest absolute Gasteiger partial charge is 0.478 e. The number of urea groups is 1. The highest BCUT2D eigenvalue weighted by atomic mass is 35.5. The fraction of sp³-hybridized carbons (Fsp3) is 0.267. The van der Waals surface area contributed by atoms with Crippen molar-refractivity contribution in [3.05, 3.63) is 93.8 Å². The molecule has 1 unspecified atom stereocenters. The second-order valence-corrected chi connectivity index (χ2v) is 10.6. The maximum Gasteiger partial charge on any atom is 0.337 e. The first-order chi connectivity index (χ1) is 20.9. The Labute approximate surface area is 255 Å². The summed E-state index contributed by atoms with van der Waals surface area (Å²) in [6.07, 6.45) is 0.920. The van der Waals surface area contributed by atoms with E-state index in [2.05, 4.69) is 15.8 Å². The van der Waals surface area contributed by atoms with Gasteiger partial charge in [-0.1, -0.05) is 36.2 Å². The molecule has 3 aromatic carbocycles. The zero-order chi connectivity index (χ0) is 32.0. The number of hydrogen-bond donors (Lipinski definition) is 4. The molecule has 0 aromatic heterocycles. The molecule has 2 atom stereocenters. The lowest BCUT2D eigenvalue weighted by Gasteiger charge is -2.26. The van der Waals surface area contributed by atoms with Gasteiger partial charge < -0.3 is 26.3 Å². The minimum absolute atomic E-state index is 0.00404. The van der Waals surface area contributed by atoms with Crippen LogP contribution >= 0.6 is 11.6 Å². The average molecular weight is 632 g/mol. The minimum Gasteiger partial charge on any atom is -0.478 e. The predicted molar refractivity (Wildman–Crippen MR) is 157 cm³/mol. The van der Waals surface area contributed by atoms with Gasteiger partial charge in [-0.25, -0.2) is 22.8 Å². The number of carboxylic acid groups (broad SMARTS) is 1. The van der Waals surface area contributed by atoms with Crippen molar-refractivity contribution in [1.29, 1.82) is 0 Å². The van der Waals surface area contributed by atoms with Crippen LogP contribution < -0.4 is 21.2 Å². The van der Waals surface area contributed by atoms with Crippen LogP contribution in [0.25, 0.3) is 0 Å². The van der Waals surface area contributed by atoms with E-state index < -0.39 is 53.9 Å². The number of aromatic carboxylic acids is 1. The number of anilines is 1. The van der Waals surface area contributed by atoms with Gasteiger partial charge >= 0.3 is 12.0 Å². The van der Waals surface area contributed by atoms with Gasteiger partial charge in [0.25, 0.3) is 0 Å². The van der Waals surface area contributed by atoms with Crippen molar-refractivity contribution in [3.8, 4) is 5.75 Å². The fourth-order valence-corrected chi connectivity index (χ4v) is 4.90. The lowest BCUT2D eigenvalue weighted by atomic mass is 9.97. The molecule has 5 N–H and O–H groups in total. The molecule has 3 amide bonds. The van der Waals surface area contributed by atoms with Crippen molar-refractivity contribution in [2.24, 2.45) is 11.1 Å². The lowest BCUT2D eigenvalue weighted by molar-refractivity contribution is -0.131. The van der Waals surface area contributed by atoms with Crippen LogP contribution in [-0.4, -0.2) is 46.8 Å². The molecule has 0 spiro atoms. The van der Waals surface area contributed by atoms with Crippen LogP contribution in [0, 0.1) is 23.4 Å². The summed E-state index contributed by atoms with van der Waals surface area (Å²) >= 11 is 6.04. The summed E-state index contributed by atoms with van der Waals surface area (Å²) in [7, 11) is 0. The number of rotatable bonds is 9. The number of amidine groups is 1. The highest BCUT2D eigenvalue weighted by Gasteiger charge is 2.35. The molecular formula is C30H29ClF3N5O5. The summed E-state index contributed by atoms with van der Waals surface area (Å²) in [6.45, 7) is 1.37. The molecule has 1 fully saturated rings. The number of imide groups is 1. The van der Waals surface area contributed by atoms with Crippen LogP contribution in [0.4, 0.5) is 23.7 Å². The molecule has 232 valence electrons. The number of carboxylic acids is 1. The topological polar surface area (TPSA) is 146 Å².